The number of para-hydroxylation sites is 5. The minimum absolute atomic E-state index is 1.10. The highest BCUT2D eigenvalue weighted by atomic mass is 28.3. The van der Waals surface area contributed by atoms with Gasteiger partial charge in [0.2, 0.25) is 0 Å². The van der Waals surface area contributed by atoms with Crippen LogP contribution in [0, 0.1) is 0 Å². The summed E-state index contributed by atoms with van der Waals surface area (Å²) >= 11 is 0. The average molecular weight is 908 g/mol. The Balaban J connectivity index is 1.07. The maximum absolute atomic E-state index is 2.83. The lowest BCUT2D eigenvalue weighted by Gasteiger charge is -2.34. The van der Waals surface area contributed by atoms with Gasteiger partial charge >= 0.3 is 0 Å². The van der Waals surface area contributed by atoms with Crippen molar-refractivity contribution in [2.45, 2.75) is 0 Å². The zero-order chi connectivity index (χ0) is 46.2. The smallest absolute Gasteiger partial charge is 0.179 e. The minimum Gasteiger partial charge on any atom is -0.309 e. The van der Waals surface area contributed by atoms with Gasteiger partial charge in [-0.25, -0.2) is 0 Å². The first-order valence-electron chi connectivity index (χ1n) is 24.2. The van der Waals surface area contributed by atoms with Crippen molar-refractivity contribution in [3.8, 4) is 28.2 Å². The lowest BCUT2D eigenvalue weighted by Crippen LogP contribution is -2.74. The van der Waals surface area contributed by atoms with Crippen LogP contribution in [0.3, 0.4) is 0 Å². The third-order valence-corrected chi connectivity index (χ3v) is 19.5. The van der Waals surface area contributed by atoms with Gasteiger partial charge in [-0.05, 0) is 92.5 Å². The van der Waals surface area contributed by atoms with Crippen molar-refractivity contribution in [3.05, 3.63) is 273 Å². The quantitative estimate of drug-likeness (QED) is 0.107. The lowest BCUT2D eigenvalue weighted by atomic mass is 10.0. The molecular weight excluding hydrogens is 863 g/mol. The van der Waals surface area contributed by atoms with Gasteiger partial charge in [-0.3, -0.25) is 0 Å². The molecule has 0 N–H and O–H groups in total. The first-order chi connectivity index (χ1) is 34.7. The second-order valence-corrected chi connectivity index (χ2v) is 22.3. The molecule has 0 aliphatic rings. The number of nitrogens with zero attached hydrogens (tertiary/aromatic N) is 3. The summed E-state index contributed by atoms with van der Waals surface area (Å²) in [6, 6.07) is 102. The molecule has 0 unspecified atom stereocenters. The highest BCUT2D eigenvalue weighted by Gasteiger charge is 2.41. The summed E-state index contributed by atoms with van der Waals surface area (Å²) in [5.41, 5.74) is 12.7. The summed E-state index contributed by atoms with van der Waals surface area (Å²) < 4.78 is 7.40. The maximum Gasteiger partial charge on any atom is 0.179 e. The molecule has 3 aromatic heterocycles. The summed E-state index contributed by atoms with van der Waals surface area (Å²) in [7, 11) is -2.83. The molecule has 14 rings (SSSR count). The number of benzene rings is 11. The fraction of sp³-hybridized carbons (Fsp3) is 0. The number of hydrogen-bond acceptors (Lipinski definition) is 0. The van der Waals surface area contributed by atoms with Crippen molar-refractivity contribution in [3.63, 3.8) is 0 Å². The predicted molar refractivity (Wildman–Crippen MR) is 299 cm³/mol. The van der Waals surface area contributed by atoms with Gasteiger partial charge in [0.1, 0.15) is 0 Å². The van der Waals surface area contributed by atoms with E-state index in [4.69, 9.17) is 0 Å². The molecule has 0 amide bonds. The van der Waals surface area contributed by atoms with E-state index in [-0.39, 0.29) is 0 Å². The van der Waals surface area contributed by atoms with Crippen LogP contribution >= 0.6 is 0 Å². The van der Waals surface area contributed by atoms with Crippen LogP contribution in [0.1, 0.15) is 0 Å². The van der Waals surface area contributed by atoms with Gasteiger partial charge in [0.05, 0.1) is 33.1 Å². The second kappa shape index (κ2) is 16.1. The van der Waals surface area contributed by atoms with Crippen LogP contribution in [0.5, 0.6) is 0 Å². The summed E-state index contributed by atoms with van der Waals surface area (Å²) in [4.78, 5) is 0. The normalized spacial score (nSPS) is 12.0. The fourth-order valence-corrected chi connectivity index (χ4v) is 16.6. The van der Waals surface area contributed by atoms with Gasteiger partial charge in [0.15, 0.2) is 8.07 Å². The van der Waals surface area contributed by atoms with Crippen LogP contribution < -0.4 is 20.7 Å². The van der Waals surface area contributed by atoms with Crippen molar-refractivity contribution in [1.29, 1.82) is 0 Å². The average Bonchev–Trinajstić information content (AvgIpc) is 4.08. The first kappa shape index (κ1) is 40.1. The van der Waals surface area contributed by atoms with Gasteiger partial charge in [-0.2, -0.15) is 0 Å². The molecule has 0 radical (unpaired) electrons. The van der Waals surface area contributed by atoms with Crippen LogP contribution in [0.25, 0.3) is 93.6 Å². The molecule has 0 spiro atoms. The van der Waals surface area contributed by atoms with Crippen molar-refractivity contribution >= 4 is 94.2 Å². The molecule has 0 saturated heterocycles. The number of rotatable bonds is 8. The highest BCUT2D eigenvalue weighted by molar-refractivity contribution is 7.19. The summed E-state index contributed by atoms with van der Waals surface area (Å²) in [6.45, 7) is 0. The highest BCUT2D eigenvalue weighted by Crippen LogP contribution is 2.40. The molecule has 0 atom stereocenters. The minimum atomic E-state index is -2.83. The topological polar surface area (TPSA) is 14.8 Å². The van der Waals surface area contributed by atoms with E-state index in [2.05, 4.69) is 287 Å². The second-order valence-electron chi connectivity index (χ2n) is 18.5. The third kappa shape index (κ3) is 6.07. The Hall–Kier alpha value is -8.96. The van der Waals surface area contributed by atoms with E-state index >= 15 is 0 Å². The van der Waals surface area contributed by atoms with Crippen LogP contribution in [0.15, 0.2) is 273 Å². The third-order valence-electron chi connectivity index (χ3n) is 14.7. The molecular formula is C66H45N3Si. The van der Waals surface area contributed by atoms with E-state index in [1.165, 1.54) is 86.2 Å². The number of aromatic nitrogens is 3. The van der Waals surface area contributed by atoms with Crippen LogP contribution in [0.4, 0.5) is 0 Å². The van der Waals surface area contributed by atoms with Gasteiger partial charge < -0.3 is 13.7 Å². The van der Waals surface area contributed by atoms with Gasteiger partial charge in [0, 0.05) is 49.4 Å². The summed E-state index contributed by atoms with van der Waals surface area (Å²) in [5.74, 6) is 0. The van der Waals surface area contributed by atoms with E-state index in [0.29, 0.717) is 0 Å². The maximum atomic E-state index is 2.50. The molecule has 3 nitrogen and oxygen atoms in total. The Morgan fingerprint density at radius 3 is 0.971 bits per heavy atom. The zero-order valence-electron chi connectivity index (χ0n) is 38.3. The first-order valence-corrected chi connectivity index (χ1v) is 26.2. The molecule has 328 valence electrons. The largest absolute Gasteiger partial charge is 0.309 e. The molecule has 0 bridgehead atoms. The molecule has 0 fully saturated rings. The molecule has 3 heterocycles. The van der Waals surface area contributed by atoms with E-state index in [1.54, 1.807) is 0 Å². The molecule has 4 heteroatoms. The summed E-state index contributed by atoms with van der Waals surface area (Å²) in [6.07, 6.45) is 0. The van der Waals surface area contributed by atoms with E-state index in [9.17, 15) is 0 Å². The van der Waals surface area contributed by atoms with Crippen molar-refractivity contribution in [2.75, 3.05) is 0 Å². The van der Waals surface area contributed by atoms with E-state index in [0.717, 1.165) is 28.1 Å². The van der Waals surface area contributed by atoms with Crippen molar-refractivity contribution in [1.82, 2.24) is 13.7 Å². The van der Waals surface area contributed by atoms with Gasteiger partial charge in [-0.15, -0.1) is 0 Å². The molecule has 0 aliphatic carbocycles. The molecule has 14 aromatic rings. The molecule has 70 heavy (non-hydrogen) atoms. The zero-order valence-corrected chi connectivity index (χ0v) is 39.3. The standard InChI is InChI=1S/C66H45N3Si/c1-4-22-51(23-5-1)70(52-24-6-2-7-25-52,53-26-8-3-9-27-53)54-28-20-21-46(43-54)47-41-49(68-63-36-17-12-31-57(63)58-32-13-18-37-64(58)68)44-50(42-47)69-65-38-19-14-33-59(65)60-40-39-48(45-66(60)69)67-61-34-15-10-29-55(61)56-30-11-16-35-62(56)67/h1-45H. The van der Waals surface area contributed by atoms with Crippen LogP contribution in [0.2, 0.25) is 0 Å². The lowest BCUT2D eigenvalue weighted by molar-refractivity contribution is 1.13. The SMILES string of the molecule is c1ccc([Si](c2ccccc2)(c2ccccc2)c2cccc(-c3cc(-n4c5ccccc5c5ccccc54)cc(-n4c5ccccc5c5ccc(-n6c7ccccc7c7ccccc76)cc54)c3)c2)cc1. The van der Waals surface area contributed by atoms with Crippen molar-refractivity contribution in [2.24, 2.45) is 0 Å². The fourth-order valence-electron chi connectivity index (χ4n) is 11.8. The monoisotopic (exact) mass is 907 g/mol. The Morgan fingerprint density at radius 1 is 0.200 bits per heavy atom. The van der Waals surface area contributed by atoms with Crippen LogP contribution in [-0.2, 0) is 0 Å². The molecule has 11 aromatic carbocycles. The Morgan fingerprint density at radius 2 is 0.543 bits per heavy atom. The van der Waals surface area contributed by atoms with Gasteiger partial charge in [0.25, 0.3) is 0 Å². The summed E-state index contributed by atoms with van der Waals surface area (Å²) in [5, 5.41) is 12.8. The van der Waals surface area contributed by atoms with E-state index in [1.807, 2.05) is 0 Å². The van der Waals surface area contributed by atoms with E-state index < -0.39 is 8.07 Å². The Labute approximate surface area is 407 Å². The Bertz CT molecular complexity index is 4090. The Kier molecular flexibility index (Phi) is 9.23. The number of fused-ring (bicyclic) bond motifs is 9. The molecule has 0 saturated carbocycles. The number of hydrogen-bond donors (Lipinski definition) is 0. The van der Waals surface area contributed by atoms with Crippen molar-refractivity contribution < 1.29 is 0 Å². The van der Waals surface area contributed by atoms with Gasteiger partial charge in [-0.1, -0.05) is 212 Å². The van der Waals surface area contributed by atoms with Crippen LogP contribution in [-0.4, -0.2) is 21.8 Å². The predicted octanol–water partition coefficient (Wildman–Crippen LogP) is 14.0. The molecule has 0 aliphatic heterocycles.